The number of amides is 1. The zero-order valence-electron chi connectivity index (χ0n) is 14.1. The third kappa shape index (κ3) is 6.03. The van der Waals surface area contributed by atoms with Crippen LogP contribution in [0.4, 0.5) is 0 Å². The summed E-state index contributed by atoms with van der Waals surface area (Å²) in [6.45, 7) is 3.79. The molecule has 0 saturated carbocycles. The van der Waals surface area contributed by atoms with Gasteiger partial charge in [0.15, 0.2) is 0 Å². The molecule has 25 heavy (non-hydrogen) atoms. The molecule has 0 bridgehead atoms. The van der Waals surface area contributed by atoms with E-state index >= 15 is 0 Å². The molecular formula is C18H20N2O3S2. The fourth-order valence-electron chi connectivity index (χ4n) is 2.07. The third-order valence-corrected chi connectivity index (χ3v) is 5.25. The quantitative estimate of drug-likeness (QED) is 0.540. The molecule has 0 aliphatic heterocycles. The molecule has 0 aliphatic rings. The summed E-state index contributed by atoms with van der Waals surface area (Å²) >= 11 is 3.28. The van der Waals surface area contributed by atoms with Gasteiger partial charge < -0.3 is 10.4 Å². The summed E-state index contributed by atoms with van der Waals surface area (Å²) in [6, 6.07) is 6.21. The van der Waals surface area contributed by atoms with Gasteiger partial charge in [-0.05, 0) is 44.5 Å². The second kappa shape index (κ2) is 9.39. The molecule has 0 saturated heterocycles. The van der Waals surface area contributed by atoms with Crippen molar-refractivity contribution in [2.45, 2.75) is 37.0 Å². The van der Waals surface area contributed by atoms with Crippen molar-refractivity contribution in [1.82, 2.24) is 10.3 Å². The van der Waals surface area contributed by atoms with E-state index in [2.05, 4.69) is 10.3 Å². The number of nitrogens with one attached hydrogen (secondary N) is 1. The Morgan fingerprint density at radius 2 is 2.08 bits per heavy atom. The number of carboxylic acids is 1. The molecule has 0 aliphatic carbocycles. The molecule has 2 N–H and O–H groups in total. The maximum absolute atomic E-state index is 12.2. The minimum Gasteiger partial charge on any atom is -0.480 e. The van der Waals surface area contributed by atoms with Crippen molar-refractivity contribution in [3.63, 3.8) is 0 Å². The normalized spacial score (nSPS) is 12.2. The molecule has 0 fully saturated rings. The van der Waals surface area contributed by atoms with E-state index < -0.39 is 12.0 Å². The average molecular weight is 377 g/mol. The van der Waals surface area contributed by atoms with E-state index in [0.717, 1.165) is 21.3 Å². The van der Waals surface area contributed by atoms with Gasteiger partial charge in [-0.1, -0.05) is 12.2 Å². The van der Waals surface area contributed by atoms with E-state index in [9.17, 15) is 9.59 Å². The average Bonchev–Trinajstić information content (AvgIpc) is 3.02. The maximum Gasteiger partial charge on any atom is 0.326 e. The number of benzene rings is 1. The molecule has 1 unspecified atom stereocenters. The van der Waals surface area contributed by atoms with Crippen LogP contribution in [0.3, 0.4) is 0 Å². The molecule has 7 heteroatoms. The highest BCUT2D eigenvalue weighted by Crippen LogP contribution is 2.23. The Hall–Kier alpha value is -2.12. The van der Waals surface area contributed by atoms with Crippen LogP contribution in [0.15, 0.2) is 46.7 Å². The van der Waals surface area contributed by atoms with Crippen LogP contribution in [0.5, 0.6) is 0 Å². The van der Waals surface area contributed by atoms with Crippen LogP contribution in [0, 0.1) is 6.92 Å². The number of carbonyl (C=O) groups is 2. The van der Waals surface area contributed by atoms with Crippen LogP contribution in [0.2, 0.25) is 0 Å². The van der Waals surface area contributed by atoms with Gasteiger partial charge >= 0.3 is 5.97 Å². The van der Waals surface area contributed by atoms with Crippen LogP contribution >= 0.6 is 23.1 Å². The van der Waals surface area contributed by atoms with E-state index in [1.165, 1.54) is 0 Å². The second-order valence-corrected chi connectivity index (χ2v) is 7.45. The number of aryl methyl sites for hydroxylation is 1. The van der Waals surface area contributed by atoms with Gasteiger partial charge in [0, 0.05) is 21.6 Å². The van der Waals surface area contributed by atoms with E-state index in [1.807, 2.05) is 31.4 Å². The predicted molar refractivity (Wildman–Crippen MR) is 101 cm³/mol. The first kappa shape index (κ1) is 19.2. The lowest BCUT2D eigenvalue weighted by Crippen LogP contribution is -2.40. The van der Waals surface area contributed by atoms with E-state index in [-0.39, 0.29) is 12.3 Å². The summed E-state index contributed by atoms with van der Waals surface area (Å²) in [4.78, 5) is 28.8. The Morgan fingerprint density at radius 3 is 2.64 bits per heavy atom. The van der Waals surface area contributed by atoms with Crippen LogP contribution in [0.1, 0.15) is 34.4 Å². The lowest BCUT2D eigenvalue weighted by atomic mass is 10.1. The monoisotopic (exact) mass is 376 g/mol. The van der Waals surface area contributed by atoms with Gasteiger partial charge in [-0.2, -0.15) is 0 Å². The second-order valence-electron chi connectivity index (χ2n) is 5.34. The van der Waals surface area contributed by atoms with Crippen molar-refractivity contribution < 1.29 is 14.7 Å². The molecule has 1 amide bonds. The molecule has 2 rings (SSSR count). The third-order valence-electron chi connectivity index (χ3n) is 3.38. The van der Waals surface area contributed by atoms with Crippen molar-refractivity contribution >= 4 is 35.0 Å². The molecular weight excluding hydrogens is 356 g/mol. The molecule has 0 spiro atoms. The number of aromatic nitrogens is 1. The number of carbonyl (C=O) groups excluding carboxylic acids is 1. The molecule has 0 radical (unpaired) electrons. The Morgan fingerprint density at radius 1 is 1.36 bits per heavy atom. The topological polar surface area (TPSA) is 79.3 Å². The highest BCUT2D eigenvalue weighted by atomic mass is 32.2. The Bertz CT molecular complexity index is 754. The molecule has 1 aromatic carbocycles. The molecule has 132 valence electrons. The van der Waals surface area contributed by atoms with Gasteiger partial charge in [-0.25, -0.2) is 9.78 Å². The smallest absolute Gasteiger partial charge is 0.326 e. The number of thiazole rings is 1. The summed E-state index contributed by atoms with van der Waals surface area (Å²) in [5, 5.41) is 14.8. The number of allylic oxidation sites excluding steroid dienone is 1. The van der Waals surface area contributed by atoms with E-state index in [0.29, 0.717) is 5.56 Å². The predicted octanol–water partition coefficient (Wildman–Crippen LogP) is 3.89. The van der Waals surface area contributed by atoms with Crippen LogP contribution in [-0.2, 0) is 10.5 Å². The number of rotatable bonds is 8. The fraction of sp³-hybridized carbons (Fsp3) is 0.278. The summed E-state index contributed by atoms with van der Waals surface area (Å²) in [5.41, 5.74) is 1.49. The van der Waals surface area contributed by atoms with Crippen molar-refractivity contribution in [2.75, 3.05) is 0 Å². The first-order valence-electron chi connectivity index (χ1n) is 7.78. The number of carboxylic acid groups (broad SMARTS) is 1. The number of hydrogen-bond acceptors (Lipinski definition) is 5. The summed E-state index contributed by atoms with van der Waals surface area (Å²) < 4.78 is 0. The minimum absolute atomic E-state index is 0.262. The lowest BCUT2D eigenvalue weighted by molar-refractivity contribution is -0.139. The number of thioether (sulfide) groups is 1. The van der Waals surface area contributed by atoms with Gasteiger partial charge in [-0.15, -0.1) is 23.1 Å². The zero-order valence-corrected chi connectivity index (χ0v) is 15.7. The SMILES string of the molecule is C/C=C/CC(NC(=O)c1ccc(SCc2csc(C)n2)cc1)C(=O)O. The van der Waals surface area contributed by atoms with Gasteiger partial charge in [0.05, 0.1) is 10.7 Å². The molecule has 5 nitrogen and oxygen atoms in total. The van der Waals surface area contributed by atoms with Gasteiger partial charge in [0.25, 0.3) is 5.91 Å². The van der Waals surface area contributed by atoms with Crippen molar-refractivity contribution in [1.29, 1.82) is 0 Å². The summed E-state index contributed by atoms with van der Waals surface area (Å²) in [5.74, 6) is -0.652. The van der Waals surface area contributed by atoms with Crippen molar-refractivity contribution in [3.8, 4) is 0 Å². The van der Waals surface area contributed by atoms with Crippen molar-refractivity contribution in [3.05, 3.63) is 58.1 Å². The minimum atomic E-state index is -1.04. The fourth-order valence-corrected chi connectivity index (χ4v) is 3.58. The first-order chi connectivity index (χ1) is 12.0. The van der Waals surface area contributed by atoms with Crippen LogP contribution in [0.25, 0.3) is 0 Å². The number of aliphatic carboxylic acids is 1. The van der Waals surface area contributed by atoms with Crippen LogP contribution < -0.4 is 5.32 Å². The summed E-state index contributed by atoms with van der Waals surface area (Å²) in [6.07, 6.45) is 3.75. The Kier molecular flexibility index (Phi) is 7.21. The summed E-state index contributed by atoms with van der Waals surface area (Å²) in [7, 11) is 0. The highest BCUT2D eigenvalue weighted by molar-refractivity contribution is 7.98. The van der Waals surface area contributed by atoms with Crippen LogP contribution in [-0.4, -0.2) is 28.0 Å². The van der Waals surface area contributed by atoms with E-state index in [4.69, 9.17) is 5.11 Å². The molecule has 1 atom stereocenters. The zero-order chi connectivity index (χ0) is 18.2. The Balaban J connectivity index is 1.93. The number of hydrogen-bond donors (Lipinski definition) is 2. The van der Waals surface area contributed by atoms with Gasteiger partial charge in [-0.3, -0.25) is 4.79 Å². The number of nitrogens with zero attached hydrogens (tertiary/aromatic N) is 1. The largest absolute Gasteiger partial charge is 0.480 e. The lowest BCUT2D eigenvalue weighted by Gasteiger charge is -2.12. The van der Waals surface area contributed by atoms with E-state index in [1.54, 1.807) is 47.4 Å². The molecule has 2 aromatic rings. The van der Waals surface area contributed by atoms with Gasteiger partial charge in [0.2, 0.25) is 0 Å². The molecule has 1 heterocycles. The highest BCUT2D eigenvalue weighted by Gasteiger charge is 2.19. The maximum atomic E-state index is 12.2. The standard InChI is InChI=1S/C18H20N2O3S2/c1-3-4-5-16(18(22)23)20-17(21)13-6-8-15(9-7-13)25-11-14-10-24-12(2)19-14/h3-4,6-10,16H,5,11H2,1-2H3,(H,20,21)(H,22,23)/b4-3+. The van der Waals surface area contributed by atoms with Gasteiger partial charge in [0.1, 0.15) is 6.04 Å². The first-order valence-corrected chi connectivity index (χ1v) is 9.65. The Labute approximate surface area is 155 Å². The van der Waals surface area contributed by atoms with Crippen molar-refractivity contribution in [2.24, 2.45) is 0 Å². The molecule has 1 aromatic heterocycles.